The van der Waals surface area contributed by atoms with E-state index in [4.69, 9.17) is 0 Å². The zero-order valence-electron chi connectivity index (χ0n) is 30.0. The Morgan fingerprint density at radius 1 is 0.333 bits per heavy atom. The second-order valence-electron chi connectivity index (χ2n) is 20.2. The van der Waals surface area contributed by atoms with Gasteiger partial charge < -0.3 is 0 Å². The summed E-state index contributed by atoms with van der Waals surface area (Å²) in [6.07, 6.45) is -3.04. The molecule has 0 spiro atoms. The quantitative estimate of drug-likeness (QED) is 0.262. The average molecular weight is 666 g/mol. The molecule has 1 rings (SSSR count). The van der Waals surface area contributed by atoms with Gasteiger partial charge in [-0.05, 0) is 10.1 Å². The van der Waals surface area contributed by atoms with Crippen LogP contribution in [0.25, 0.3) is 0 Å². The van der Waals surface area contributed by atoms with E-state index in [0.29, 0.717) is 10.1 Å². The fraction of sp³-hybridized carbons (Fsp3) is 1.00. The Morgan fingerprint density at radius 2 is 0.472 bits per heavy atom. The molecule has 0 N–H and O–H groups in total. The van der Waals surface area contributed by atoms with Crippen molar-refractivity contribution in [3.05, 3.63) is 0 Å². The summed E-state index contributed by atoms with van der Waals surface area (Å²) in [5.74, 6) is 0. The predicted octanol–water partition coefficient (Wildman–Crippen LogP) is 10.2. The van der Waals surface area contributed by atoms with Crippen LogP contribution in [0.1, 0.15) is 41.5 Å². The lowest BCUT2D eigenvalue weighted by molar-refractivity contribution is 0.733. The highest BCUT2D eigenvalue weighted by Crippen LogP contribution is 2.65. The third-order valence-corrected chi connectivity index (χ3v) is 324. The molecule has 0 atom stereocenters. The zero-order chi connectivity index (χ0) is 30.0. The van der Waals surface area contributed by atoms with Gasteiger partial charge in [-0.3, -0.25) is 0 Å². The van der Waals surface area contributed by atoms with Crippen LogP contribution in [0.4, 0.5) is 0 Å². The van der Waals surface area contributed by atoms with Crippen molar-refractivity contribution in [3.63, 3.8) is 0 Å². The molecule has 1 aliphatic heterocycles. The molecule has 0 aromatic carbocycles. The van der Waals surface area contributed by atoms with Gasteiger partial charge in [0.25, 0.3) is 0 Å². The lowest BCUT2D eigenvalue weighted by Gasteiger charge is -2.86. The van der Waals surface area contributed by atoms with E-state index in [1.54, 1.807) is 0 Å². The topological polar surface area (TPSA) is 0 Å². The van der Waals surface area contributed by atoms with Crippen LogP contribution in [0.5, 0.6) is 0 Å². The maximum atomic E-state index is 3.15. The lowest BCUT2D eigenvalue weighted by Crippen LogP contribution is -3.16. The van der Waals surface area contributed by atoms with Gasteiger partial charge in [-0.1, -0.05) is 159 Å². The van der Waals surface area contributed by atoms with Gasteiger partial charge in [0.2, 0.25) is 0 Å². The Balaban J connectivity index is 4.84. The second-order valence-corrected chi connectivity index (χ2v) is 143. The summed E-state index contributed by atoms with van der Waals surface area (Å²) >= 11 is 0. The third kappa shape index (κ3) is 3.69. The van der Waals surface area contributed by atoms with Crippen LogP contribution in [0.2, 0.25) is 128 Å². The SMILES string of the molecule is CC(C)(C)[Si](C)(C)[Si]1([Si](C)(C)C)[Si](C)(C)[Si](C)(C)[Si]([Si](C)(C)C)([Si](C)(C)C(C)(C)C)[Si](C)(C)[Si]1(C)C. The number of rotatable bonds is 4. The van der Waals surface area contributed by atoms with Crippen LogP contribution in [0, 0.1) is 0 Å². The number of hydrogen-bond donors (Lipinski definition) is 0. The molecule has 1 heterocycles. The van der Waals surface area contributed by atoms with Crippen molar-refractivity contribution in [1.82, 2.24) is 0 Å². The highest BCUT2D eigenvalue weighted by Gasteiger charge is 2.90. The van der Waals surface area contributed by atoms with Crippen molar-refractivity contribution in [1.29, 1.82) is 0 Å². The molecule has 0 amide bonds. The molecule has 0 unspecified atom stereocenters. The summed E-state index contributed by atoms with van der Waals surface area (Å²) in [7, 11) is -11.8. The molecule has 1 fully saturated rings. The van der Waals surface area contributed by atoms with Crippen LogP contribution >= 0.6 is 0 Å². The van der Waals surface area contributed by atoms with Gasteiger partial charge >= 0.3 is 0 Å². The molecule has 1 saturated heterocycles. The standard InChI is InChI=1S/C26H72Si10/c1-25(2,3)29(13,14)35(27(7,8)9)31(17,18)33(21,22)36(28(10,11)12,30(15,16)26(4,5)6)34(23,24)32(35,19)20/h1-24H3. The average Bonchev–Trinajstić information content (AvgIpc) is 2.47. The Bertz CT molecular complexity index is 753. The minimum atomic E-state index is -1.52. The Hall–Kier alpha value is 2.17. The molecule has 0 bridgehead atoms. The summed E-state index contributed by atoms with van der Waals surface area (Å²) in [5, 5.41) is 1.06. The first-order valence-corrected chi connectivity index (χ1v) is 54.0. The maximum absolute atomic E-state index is 3.15. The van der Waals surface area contributed by atoms with E-state index in [9.17, 15) is 0 Å². The van der Waals surface area contributed by atoms with E-state index in [1.165, 1.54) is 0 Å². The number of hydrogen-bond acceptors (Lipinski definition) is 0. The van der Waals surface area contributed by atoms with E-state index in [1.807, 2.05) is 0 Å². The summed E-state index contributed by atoms with van der Waals surface area (Å²) in [6, 6.07) is 0. The predicted molar refractivity (Wildman–Crippen MR) is 203 cm³/mol. The first kappa shape index (κ1) is 36.2. The molecule has 0 saturated carbocycles. The first-order chi connectivity index (χ1) is 15.0. The van der Waals surface area contributed by atoms with E-state index in [2.05, 4.69) is 159 Å². The molecule has 216 valence electrons. The van der Waals surface area contributed by atoms with Crippen molar-refractivity contribution < 1.29 is 0 Å². The first-order valence-electron chi connectivity index (χ1n) is 15.0. The lowest BCUT2D eigenvalue weighted by atomic mass is 10.2. The molecule has 36 heavy (non-hydrogen) atoms. The van der Waals surface area contributed by atoms with Gasteiger partial charge in [0, 0.05) is 71.1 Å². The molecule has 0 nitrogen and oxygen atoms in total. The Labute approximate surface area is 239 Å². The molecular weight excluding hydrogens is 593 g/mol. The van der Waals surface area contributed by atoms with Gasteiger partial charge in [0.05, 0.1) is 0 Å². The molecule has 1 aliphatic rings. The van der Waals surface area contributed by atoms with Crippen molar-refractivity contribution in [2.45, 2.75) is 169 Å². The van der Waals surface area contributed by atoms with Gasteiger partial charge in [-0.15, -0.1) is 0 Å². The van der Waals surface area contributed by atoms with Crippen LogP contribution in [-0.2, 0) is 0 Å². The van der Waals surface area contributed by atoms with Crippen molar-refractivity contribution in [2.24, 2.45) is 0 Å². The van der Waals surface area contributed by atoms with E-state index in [-0.39, 0.29) is 0 Å². The maximum Gasteiger partial charge on any atom is 0.0392 e. The Kier molecular flexibility index (Phi) is 8.89. The van der Waals surface area contributed by atoms with E-state index in [0.717, 1.165) is 0 Å². The van der Waals surface area contributed by atoms with E-state index >= 15 is 0 Å². The molecule has 10 heteroatoms. The van der Waals surface area contributed by atoms with Gasteiger partial charge in [0.15, 0.2) is 0 Å². The molecule has 0 aromatic heterocycles. The van der Waals surface area contributed by atoms with E-state index < -0.39 is 71.1 Å². The smallest absolute Gasteiger partial charge is 0.0392 e. The highest BCUT2D eigenvalue weighted by molar-refractivity contribution is 8.36. The zero-order valence-corrected chi connectivity index (χ0v) is 40.0. The molecule has 0 aromatic rings. The van der Waals surface area contributed by atoms with Crippen molar-refractivity contribution >= 4 is 71.1 Å². The normalized spacial score (nSPS) is 31.3. The summed E-state index contributed by atoms with van der Waals surface area (Å²) < 4.78 is 0. The fourth-order valence-electron chi connectivity index (χ4n) is 13.3. The summed E-state index contributed by atoms with van der Waals surface area (Å²) in [5.41, 5.74) is 0. The fourth-order valence-corrected chi connectivity index (χ4v) is 636. The van der Waals surface area contributed by atoms with Gasteiger partial charge in [-0.25, -0.2) is 0 Å². The summed E-state index contributed by atoms with van der Waals surface area (Å²) in [4.78, 5) is 0. The molecule has 0 radical (unpaired) electrons. The van der Waals surface area contributed by atoms with Crippen molar-refractivity contribution in [2.75, 3.05) is 0 Å². The minimum absolute atomic E-state index is 0.528. The minimum Gasteiger partial charge on any atom is -0.0739 e. The largest absolute Gasteiger partial charge is 0.0739 e. The highest BCUT2D eigenvalue weighted by atomic mass is 30.5. The molecule has 0 aliphatic carbocycles. The van der Waals surface area contributed by atoms with Gasteiger partial charge in [0.1, 0.15) is 0 Å². The summed E-state index contributed by atoms with van der Waals surface area (Å²) in [6.45, 7) is 71.3. The van der Waals surface area contributed by atoms with Crippen LogP contribution in [0.15, 0.2) is 0 Å². The monoisotopic (exact) mass is 664 g/mol. The second kappa shape index (κ2) is 8.84. The van der Waals surface area contributed by atoms with Crippen LogP contribution < -0.4 is 0 Å². The Morgan fingerprint density at radius 3 is 0.556 bits per heavy atom. The van der Waals surface area contributed by atoms with Gasteiger partial charge in [-0.2, -0.15) is 0 Å². The van der Waals surface area contributed by atoms with Crippen LogP contribution in [0.3, 0.4) is 0 Å². The van der Waals surface area contributed by atoms with Crippen molar-refractivity contribution in [3.8, 4) is 0 Å². The van der Waals surface area contributed by atoms with Crippen LogP contribution in [-0.4, -0.2) is 71.1 Å². The molecular formula is C26H72Si10. The third-order valence-electron chi connectivity index (χ3n) is 14.8.